The van der Waals surface area contributed by atoms with Gasteiger partial charge in [0.05, 0.1) is 11.0 Å². The maximum absolute atomic E-state index is 12.5. The maximum Gasteiger partial charge on any atom is 0.292 e. The van der Waals surface area contributed by atoms with E-state index in [0.29, 0.717) is 5.92 Å². The number of carbonyl (C=O) groups excluding carboxylic acids is 1. The van der Waals surface area contributed by atoms with Gasteiger partial charge in [-0.25, -0.2) is 4.98 Å². The highest BCUT2D eigenvalue weighted by Gasteiger charge is 2.29. The van der Waals surface area contributed by atoms with Gasteiger partial charge in [-0.05, 0) is 38.9 Å². The molecule has 1 fully saturated rings. The number of imidazole rings is 1. The molecule has 2 N–H and O–H groups in total. The molecule has 1 aliphatic heterocycles. The van der Waals surface area contributed by atoms with Gasteiger partial charge in [-0.2, -0.15) is 0 Å². The molecule has 2 heterocycles. The molecule has 8 nitrogen and oxygen atoms in total. The Morgan fingerprint density at radius 2 is 2.12 bits per heavy atom. The zero-order valence-corrected chi connectivity index (χ0v) is 14.0. The molecule has 1 amide bonds. The summed E-state index contributed by atoms with van der Waals surface area (Å²) in [7, 11) is 0. The van der Waals surface area contributed by atoms with Gasteiger partial charge < -0.3 is 10.3 Å². The SMILES string of the molecule is C[C@H](C(=O)Nc1ccccc1[N+](=O)[O-])N1CCC(c2ncc[nH]2)CC1. The monoisotopic (exact) mass is 343 g/mol. The topological polar surface area (TPSA) is 104 Å². The Hall–Kier alpha value is -2.74. The van der Waals surface area contributed by atoms with Gasteiger partial charge in [0.15, 0.2) is 0 Å². The molecule has 2 aromatic rings. The smallest absolute Gasteiger partial charge is 0.292 e. The Kier molecular flexibility index (Phi) is 5.08. The van der Waals surface area contributed by atoms with Crippen LogP contribution in [0.1, 0.15) is 31.5 Å². The number of nitrogens with one attached hydrogen (secondary N) is 2. The van der Waals surface area contributed by atoms with E-state index < -0.39 is 4.92 Å². The third-order valence-corrected chi connectivity index (χ3v) is 4.72. The van der Waals surface area contributed by atoms with Crippen LogP contribution in [-0.4, -0.2) is 44.8 Å². The van der Waals surface area contributed by atoms with Crippen molar-refractivity contribution in [2.75, 3.05) is 18.4 Å². The Labute approximate surface area is 145 Å². The van der Waals surface area contributed by atoms with Crippen molar-refractivity contribution in [2.45, 2.75) is 31.7 Å². The Morgan fingerprint density at radius 1 is 1.40 bits per heavy atom. The number of anilines is 1. The van der Waals surface area contributed by atoms with Crippen LogP contribution in [-0.2, 0) is 4.79 Å². The molecule has 0 saturated carbocycles. The number of para-hydroxylation sites is 2. The summed E-state index contributed by atoms with van der Waals surface area (Å²) < 4.78 is 0. The molecule has 3 rings (SSSR count). The normalized spacial score (nSPS) is 17.2. The van der Waals surface area contributed by atoms with Gasteiger partial charge in [-0.15, -0.1) is 0 Å². The van der Waals surface area contributed by atoms with Crippen LogP contribution >= 0.6 is 0 Å². The zero-order chi connectivity index (χ0) is 17.8. The molecular weight excluding hydrogens is 322 g/mol. The number of H-pyrrole nitrogens is 1. The quantitative estimate of drug-likeness (QED) is 0.641. The second-order valence-corrected chi connectivity index (χ2v) is 6.22. The second kappa shape index (κ2) is 7.43. The number of hydrogen-bond donors (Lipinski definition) is 2. The number of amides is 1. The molecule has 0 bridgehead atoms. The van der Waals surface area contributed by atoms with E-state index in [0.717, 1.165) is 31.8 Å². The van der Waals surface area contributed by atoms with E-state index in [-0.39, 0.29) is 23.3 Å². The van der Waals surface area contributed by atoms with Crippen molar-refractivity contribution in [1.29, 1.82) is 0 Å². The fraction of sp³-hybridized carbons (Fsp3) is 0.412. The summed E-state index contributed by atoms with van der Waals surface area (Å²) >= 11 is 0. The Bertz CT molecular complexity index is 739. The first-order valence-corrected chi connectivity index (χ1v) is 8.34. The molecular formula is C17H21N5O3. The molecule has 0 radical (unpaired) electrons. The van der Waals surface area contributed by atoms with Crippen LogP contribution in [0, 0.1) is 10.1 Å². The minimum absolute atomic E-state index is 0.0976. The largest absolute Gasteiger partial charge is 0.348 e. The molecule has 1 atom stereocenters. The number of carbonyl (C=O) groups is 1. The first-order chi connectivity index (χ1) is 12.1. The number of nitro groups is 1. The highest BCUT2D eigenvalue weighted by atomic mass is 16.6. The van der Waals surface area contributed by atoms with Gasteiger partial charge >= 0.3 is 0 Å². The van der Waals surface area contributed by atoms with E-state index in [1.165, 1.54) is 6.07 Å². The third kappa shape index (κ3) is 3.85. The van der Waals surface area contributed by atoms with Crippen LogP contribution in [0.25, 0.3) is 0 Å². The summed E-state index contributed by atoms with van der Waals surface area (Å²) in [6.45, 7) is 3.41. The summed E-state index contributed by atoms with van der Waals surface area (Å²) in [5.74, 6) is 1.15. The van der Waals surface area contributed by atoms with Gasteiger partial charge in [-0.3, -0.25) is 19.8 Å². The first-order valence-electron chi connectivity index (χ1n) is 8.34. The molecule has 1 saturated heterocycles. The van der Waals surface area contributed by atoms with Gasteiger partial charge in [0.25, 0.3) is 5.69 Å². The van der Waals surface area contributed by atoms with Crippen LogP contribution < -0.4 is 5.32 Å². The number of piperidine rings is 1. The predicted molar refractivity (Wildman–Crippen MR) is 93.3 cm³/mol. The minimum Gasteiger partial charge on any atom is -0.348 e. The van der Waals surface area contributed by atoms with Crippen LogP contribution in [0.4, 0.5) is 11.4 Å². The van der Waals surface area contributed by atoms with E-state index in [4.69, 9.17) is 0 Å². The van der Waals surface area contributed by atoms with Crippen LogP contribution in [0.2, 0.25) is 0 Å². The van der Waals surface area contributed by atoms with Crippen LogP contribution in [0.15, 0.2) is 36.7 Å². The lowest BCUT2D eigenvalue weighted by molar-refractivity contribution is -0.383. The average Bonchev–Trinajstić information content (AvgIpc) is 3.16. The van der Waals surface area contributed by atoms with E-state index in [1.807, 2.05) is 13.1 Å². The number of aromatic nitrogens is 2. The second-order valence-electron chi connectivity index (χ2n) is 6.22. The van der Waals surface area contributed by atoms with Crippen molar-refractivity contribution in [2.24, 2.45) is 0 Å². The Morgan fingerprint density at radius 3 is 2.76 bits per heavy atom. The number of aromatic amines is 1. The number of hydrogen-bond acceptors (Lipinski definition) is 5. The van der Waals surface area contributed by atoms with Crippen LogP contribution in [0.3, 0.4) is 0 Å². The van der Waals surface area contributed by atoms with Gasteiger partial charge in [0.2, 0.25) is 5.91 Å². The summed E-state index contributed by atoms with van der Waals surface area (Å²) in [6.07, 6.45) is 5.43. The molecule has 0 unspecified atom stereocenters. The minimum atomic E-state index is -0.491. The molecule has 1 aliphatic rings. The molecule has 1 aromatic carbocycles. The number of rotatable bonds is 5. The molecule has 1 aromatic heterocycles. The molecule has 25 heavy (non-hydrogen) atoms. The Balaban J connectivity index is 1.59. The van der Waals surface area contributed by atoms with Crippen LogP contribution in [0.5, 0.6) is 0 Å². The zero-order valence-electron chi connectivity index (χ0n) is 14.0. The summed E-state index contributed by atoms with van der Waals surface area (Å²) in [6, 6.07) is 5.83. The summed E-state index contributed by atoms with van der Waals surface area (Å²) in [5, 5.41) is 13.7. The van der Waals surface area contributed by atoms with E-state index in [1.54, 1.807) is 24.4 Å². The fourth-order valence-electron chi connectivity index (χ4n) is 3.20. The van der Waals surface area contributed by atoms with E-state index in [9.17, 15) is 14.9 Å². The molecule has 132 valence electrons. The number of nitro benzene ring substituents is 1. The van der Waals surface area contributed by atoms with Crippen molar-refractivity contribution < 1.29 is 9.72 Å². The summed E-state index contributed by atoms with van der Waals surface area (Å²) in [4.78, 5) is 32.6. The van der Waals surface area contributed by atoms with E-state index in [2.05, 4.69) is 20.2 Å². The maximum atomic E-state index is 12.5. The van der Waals surface area contributed by atoms with Crippen molar-refractivity contribution in [3.05, 3.63) is 52.6 Å². The predicted octanol–water partition coefficient (Wildman–Crippen LogP) is 2.52. The lowest BCUT2D eigenvalue weighted by Crippen LogP contribution is -2.45. The van der Waals surface area contributed by atoms with Crippen molar-refractivity contribution >= 4 is 17.3 Å². The lowest BCUT2D eigenvalue weighted by Gasteiger charge is -2.34. The highest BCUT2D eigenvalue weighted by Crippen LogP contribution is 2.27. The molecule has 0 aliphatic carbocycles. The lowest BCUT2D eigenvalue weighted by atomic mass is 9.95. The third-order valence-electron chi connectivity index (χ3n) is 4.72. The fourth-order valence-corrected chi connectivity index (χ4v) is 3.20. The standard InChI is InChI=1S/C17H21N5O3/c1-12(17(23)20-14-4-2-3-5-15(14)22(24)25)21-10-6-13(7-11-21)16-18-8-9-19-16/h2-5,8-9,12-13H,6-7,10-11H2,1H3,(H,18,19)(H,20,23)/t12-/m1/s1. The number of benzene rings is 1. The van der Waals surface area contributed by atoms with Gasteiger partial charge in [0, 0.05) is 24.4 Å². The summed E-state index contributed by atoms with van der Waals surface area (Å²) in [5.41, 5.74) is 0.134. The number of likely N-dealkylation sites (tertiary alicyclic amines) is 1. The highest BCUT2D eigenvalue weighted by molar-refractivity contribution is 5.96. The van der Waals surface area contributed by atoms with E-state index >= 15 is 0 Å². The van der Waals surface area contributed by atoms with Gasteiger partial charge in [0.1, 0.15) is 11.5 Å². The van der Waals surface area contributed by atoms with Crippen molar-refractivity contribution in [3.8, 4) is 0 Å². The van der Waals surface area contributed by atoms with Crippen molar-refractivity contribution in [3.63, 3.8) is 0 Å². The first kappa shape index (κ1) is 17.1. The molecule has 0 spiro atoms. The molecule has 8 heteroatoms. The average molecular weight is 343 g/mol. The van der Waals surface area contributed by atoms with Gasteiger partial charge in [-0.1, -0.05) is 12.1 Å². The van der Waals surface area contributed by atoms with Crippen molar-refractivity contribution in [1.82, 2.24) is 14.9 Å². The number of nitrogens with zero attached hydrogens (tertiary/aromatic N) is 3.